The van der Waals surface area contributed by atoms with Crippen LogP contribution in [-0.4, -0.2) is 25.7 Å². The Morgan fingerprint density at radius 2 is 1.17 bits per heavy atom. The van der Waals surface area contributed by atoms with Crippen LogP contribution in [-0.2, 0) is 4.74 Å². The Morgan fingerprint density at radius 3 is 1.72 bits per heavy atom. The molecule has 0 bridgehead atoms. The first-order valence-electron chi connectivity index (χ1n) is 9.34. The fraction of sp³-hybridized carbons (Fsp3) is 0.167. The summed E-state index contributed by atoms with van der Waals surface area (Å²) in [6, 6.07) is 21.2. The third kappa shape index (κ3) is 5.23. The van der Waals surface area contributed by atoms with E-state index >= 15 is 0 Å². The highest BCUT2D eigenvalue weighted by Gasteiger charge is 2.10. The van der Waals surface area contributed by atoms with Gasteiger partial charge < -0.3 is 14.2 Å². The van der Waals surface area contributed by atoms with Gasteiger partial charge in [-0.05, 0) is 66.1 Å². The lowest BCUT2D eigenvalue weighted by Gasteiger charge is -2.08. The fourth-order valence-corrected chi connectivity index (χ4v) is 2.71. The largest absolute Gasteiger partial charge is 0.494 e. The van der Waals surface area contributed by atoms with Gasteiger partial charge >= 0.3 is 11.9 Å². The van der Waals surface area contributed by atoms with Crippen molar-refractivity contribution in [1.82, 2.24) is 0 Å². The maximum Gasteiger partial charge on any atom is 0.343 e. The van der Waals surface area contributed by atoms with Crippen LogP contribution in [0.3, 0.4) is 0 Å². The third-order valence-corrected chi connectivity index (χ3v) is 4.27. The SMILES string of the molecule is CCCOc1ccc(C(=O)Oc2ccc(-c3ccc(C(=O)OC)cc3)cc2)cc1. The minimum Gasteiger partial charge on any atom is -0.494 e. The number of rotatable bonds is 7. The van der Waals surface area contributed by atoms with Crippen LogP contribution in [0.25, 0.3) is 11.1 Å². The molecule has 0 N–H and O–H groups in total. The molecule has 0 atom stereocenters. The lowest BCUT2D eigenvalue weighted by Crippen LogP contribution is -2.08. The van der Waals surface area contributed by atoms with Gasteiger partial charge in [-0.2, -0.15) is 0 Å². The molecule has 3 rings (SSSR count). The van der Waals surface area contributed by atoms with Crippen LogP contribution in [0.1, 0.15) is 34.1 Å². The number of hydrogen-bond donors (Lipinski definition) is 0. The summed E-state index contributed by atoms with van der Waals surface area (Å²) >= 11 is 0. The summed E-state index contributed by atoms with van der Waals surface area (Å²) in [7, 11) is 1.35. The van der Waals surface area contributed by atoms with Gasteiger partial charge in [-0.25, -0.2) is 9.59 Å². The Balaban J connectivity index is 1.64. The average molecular weight is 390 g/mol. The molecule has 148 valence electrons. The van der Waals surface area contributed by atoms with E-state index in [1.165, 1.54) is 7.11 Å². The Bertz CT molecular complexity index is 958. The molecule has 29 heavy (non-hydrogen) atoms. The molecule has 0 radical (unpaired) electrons. The van der Waals surface area contributed by atoms with Crippen LogP contribution in [0, 0.1) is 0 Å². The summed E-state index contributed by atoms with van der Waals surface area (Å²) in [6.45, 7) is 2.68. The first kappa shape index (κ1) is 20.1. The van der Waals surface area contributed by atoms with E-state index in [1.807, 2.05) is 31.2 Å². The van der Waals surface area contributed by atoms with Crippen molar-refractivity contribution in [3.63, 3.8) is 0 Å². The van der Waals surface area contributed by atoms with Crippen LogP contribution in [0.15, 0.2) is 72.8 Å². The average Bonchev–Trinajstić information content (AvgIpc) is 2.78. The van der Waals surface area contributed by atoms with Crippen LogP contribution < -0.4 is 9.47 Å². The number of benzene rings is 3. The van der Waals surface area contributed by atoms with Crippen molar-refractivity contribution in [3.05, 3.63) is 83.9 Å². The van der Waals surface area contributed by atoms with Gasteiger partial charge in [0, 0.05) is 0 Å². The van der Waals surface area contributed by atoms with E-state index in [0.29, 0.717) is 23.5 Å². The smallest absolute Gasteiger partial charge is 0.343 e. The highest BCUT2D eigenvalue weighted by molar-refractivity contribution is 5.91. The van der Waals surface area contributed by atoms with Crippen molar-refractivity contribution in [2.45, 2.75) is 13.3 Å². The Morgan fingerprint density at radius 1 is 0.690 bits per heavy atom. The first-order valence-corrected chi connectivity index (χ1v) is 9.34. The zero-order valence-electron chi connectivity index (χ0n) is 16.4. The van der Waals surface area contributed by atoms with E-state index in [4.69, 9.17) is 14.2 Å². The van der Waals surface area contributed by atoms with Gasteiger partial charge in [-0.3, -0.25) is 0 Å². The lowest BCUT2D eigenvalue weighted by atomic mass is 10.0. The minimum absolute atomic E-state index is 0.372. The molecule has 0 aliphatic carbocycles. The summed E-state index contributed by atoms with van der Waals surface area (Å²) in [5, 5.41) is 0. The van der Waals surface area contributed by atoms with Gasteiger partial charge in [0.25, 0.3) is 0 Å². The number of carbonyl (C=O) groups is 2. The maximum absolute atomic E-state index is 12.3. The summed E-state index contributed by atoms with van der Waals surface area (Å²) in [4.78, 5) is 23.8. The molecule has 0 spiro atoms. The number of hydrogen-bond acceptors (Lipinski definition) is 5. The van der Waals surface area contributed by atoms with E-state index < -0.39 is 5.97 Å². The second-order valence-corrected chi connectivity index (χ2v) is 6.36. The summed E-state index contributed by atoms with van der Waals surface area (Å²) in [5.74, 6) is 0.383. The van der Waals surface area contributed by atoms with Gasteiger partial charge in [0.2, 0.25) is 0 Å². The normalized spacial score (nSPS) is 10.3. The third-order valence-electron chi connectivity index (χ3n) is 4.27. The van der Waals surface area contributed by atoms with Crippen LogP contribution in [0.5, 0.6) is 11.5 Å². The van der Waals surface area contributed by atoms with E-state index in [2.05, 4.69) is 0 Å². The molecule has 0 aliphatic heterocycles. The molecule has 0 heterocycles. The quantitative estimate of drug-likeness (QED) is 0.412. The molecule has 0 saturated heterocycles. The second kappa shape index (κ2) is 9.55. The monoisotopic (exact) mass is 390 g/mol. The molecular weight excluding hydrogens is 368 g/mol. The molecule has 0 unspecified atom stereocenters. The standard InChI is InChI=1S/C24H22O5/c1-3-16-28-21-12-10-20(11-13-21)24(26)29-22-14-8-18(9-15-22)17-4-6-19(7-5-17)23(25)27-2/h4-15H,3,16H2,1-2H3. The van der Waals surface area contributed by atoms with Gasteiger partial charge in [-0.15, -0.1) is 0 Å². The predicted molar refractivity (Wildman–Crippen MR) is 110 cm³/mol. The van der Waals surface area contributed by atoms with Gasteiger partial charge in [0.15, 0.2) is 0 Å². The predicted octanol–water partition coefficient (Wildman–Crippen LogP) is 5.15. The molecule has 0 aliphatic rings. The maximum atomic E-state index is 12.3. The van der Waals surface area contributed by atoms with E-state index in [1.54, 1.807) is 48.5 Å². The molecular formula is C24H22O5. The van der Waals surface area contributed by atoms with Gasteiger partial charge in [0.05, 0.1) is 24.8 Å². The summed E-state index contributed by atoms with van der Waals surface area (Å²) in [5.41, 5.74) is 2.83. The number of ether oxygens (including phenoxy) is 3. The Hall–Kier alpha value is -3.60. The molecule has 0 amide bonds. The number of esters is 2. The molecule has 5 nitrogen and oxygen atoms in total. The van der Waals surface area contributed by atoms with Crippen LogP contribution in [0.2, 0.25) is 0 Å². The van der Waals surface area contributed by atoms with Crippen molar-refractivity contribution < 1.29 is 23.8 Å². The first-order chi connectivity index (χ1) is 14.1. The molecule has 0 fully saturated rings. The number of methoxy groups -OCH3 is 1. The Labute approximate surface area is 169 Å². The van der Waals surface area contributed by atoms with Gasteiger partial charge in [0.1, 0.15) is 11.5 Å². The lowest BCUT2D eigenvalue weighted by molar-refractivity contribution is 0.0600. The van der Waals surface area contributed by atoms with E-state index in [-0.39, 0.29) is 5.97 Å². The highest BCUT2D eigenvalue weighted by Crippen LogP contribution is 2.24. The van der Waals surface area contributed by atoms with Crippen molar-refractivity contribution in [3.8, 4) is 22.6 Å². The van der Waals surface area contributed by atoms with Crippen molar-refractivity contribution in [1.29, 1.82) is 0 Å². The molecule has 5 heteroatoms. The second-order valence-electron chi connectivity index (χ2n) is 6.36. The topological polar surface area (TPSA) is 61.8 Å². The van der Waals surface area contributed by atoms with Crippen molar-refractivity contribution in [2.75, 3.05) is 13.7 Å². The zero-order valence-corrected chi connectivity index (χ0v) is 16.4. The molecule has 0 aromatic heterocycles. The molecule has 0 saturated carbocycles. The summed E-state index contributed by atoms with van der Waals surface area (Å²) in [6.07, 6.45) is 0.926. The van der Waals surface area contributed by atoms with Crippen LogP contribution in [0.4, 0.5) is 0 Å². The van der Waals surface area contributed by atoms with Gasteiger partial charge in [-0.1, -0.05) is 31.2 Å². The Kier molecular flexibility index (Phi) is 6.63. The van der Waals surface area contributed by atoms with E-state index in [9.17, 15) is 9.59 Å². The highest BCUT2D eigenvalue weighted by atomic mass is 16.5. The van der Waals surface area contributed by atoms with Crippen molar-refractivity contribution in [2.24, 2.45) is 0 Å². The molecule has 3 aromatic carbocycles. The van der Waals surface area contributed by atoms with Crippen LogP contribution >= 0.6 is 0 Å². The van der Waals surface area contributed by atoms with E-state index in [0.717, 1.165) is 23.3 Å². The van der Waals surface area contributed by atoms with Crippen molar-refractivity contribution >= 4 is 11.9 Å². The minimum atomic E-state index is -0.428. The summed E-state index contributed by atoms with van der Waals surface area (Å²) < 4.78 is 15.6. The zero-order chi connectivity index (χ0) is 20.6. The molecule has 3 aromatic rings. The fourth-order valence-electron chi connectivity index (χ4n) is 2.71. The number of carbonyl (C=O) groups excluding carboxylic acids is 2.